The van der Waals surface area contributed by atoms with Crippen molar-refractivity contribution in [2.75, 3.05) is 25.0 Å². The van der Waals surface area contributed by atoms with Crippen molar-refractivity contribution in [2.24, 2.45) is 0 Å². The summed E-state index contributed by atoms with van der Waals surface area (Å²) in [6.07, 6.45) is 0.973. The monoisotopic (exact) mass is 233 g/mol. The topological polar surface area (TPSA) is 53.2 Å². The number of benzene rings is 1. The number of fused-ring (bicyclic) bond motifs is 1. The van der Waals surface area contributed by atoms with E-state index < -0.39 is 0 Å². The largest absolute Gasteiger partial charge is 0.384 e. The van der Waals surface area contributed by atoms with Crippen LogP contribution in [-0.2, 0) is 0 Å². The molecule has 1 aromatic rings. The molecule has 92 valence electrons. The number of hydrogen-bond donors (Lipinski definition) is 3. The number of rotatable bonds is 4. The van der Waals surface area contributed by atoms with E-state index in [0.717, 1.165) is 13.0 Å². The Morgan fingerprint density at radius 3 is 3.06 bits per heavy atom. The van der Waals surface area contributed by atoms with Crippen LogP contribution in [0.2, 0.25) is 0 Å². The van der Waals surface area contributed by atoms with Crippen LogP contribution in [0, 0.1) is 0 Å². The highest BCUT2D eigenvalue weighted by molar-refractivity contribution is 5.73. The molecule has 0 saturated heterocycles. The molecule has 4 heteroatoms. The van der Waals surface area contributed by atoms with E-state index in [9.17, 15) is 4.79 Å². The smallest absolute Gasteiger partial charge is 0.314 e. The predicted octanol–water partition coefficient (Wildman–Crippen LogP) is 1.90. The molecule has 17 heavy (non-hydrogen) atoms. The van der Waals surface area contributed by atoms with Gasteiger partial charge in [-0.25, -0.2) is 4.79 Å². The number of carbonyl (C=O) groups excluding carboxylic acids is 1. The van der Waals surface area contributed by atoms with Gasteiger partial charge in [-0.2, -0.15) is 0 Å². The van der Waals surface area contributed by atoms with Crippen molar-refractivity contribution >= 4 is 11.7 Å². The van der Waals surface area contributed by atoms with E-state index in [2.05, 4.69) is 34.1 Å². The van der Waals surface area contributed by atoms with Crippen LogP contribution >= 0.6 is 0 Å². The van der Waals surface area contributed by atoms with E-state index >= 15 is 0 Å². The lowest BCUT2D eigenvalue weighted by Crippen LogP contribution is -2.36. The molecule has 0 saturated carbocycles. The van der Waals surface area contributed by atoms with Gasteiger partial charge in [-0.1, -0.05) is 18.2 Å². The average Bonchev–Trinajstić information content (AvgIpc) is 2.73. The maximum absolute atomic E-state index is 11.2. The third-order valence-electron chi connectivity index (χ3n) is 3.06. The third-order valence-corrected chi connectivity index (χ3v) is 3.06. The van der Waals surface area contributed by atoms with Gasteiger partial charge in [-0.15, -0.1) is 0 Å². The highest BCUT2D eigenvalue weighted by Crippen LogP contribution is 2.32. The molecule has 2 amide bonds. The molecule has 0 aliphatic carbocycles. The predicted molar refractivity (Wildman–Crippen MR) is 69.4 cm³/mol. The van der Waals surface area contributed by atoms with E-state index in [0.29, 0.717) is 19.0 Å². The Hall–Kier alpha value is -1.71. The summed E-state index contributed by atoms with van der Waals surface area (Å²) in [6, 6.07) is 8.29. The van der Waals surface area contributed by atoms with Crippen LogP contribution < -0.4 is 16.0 Å². The van der Waals surface area contributed by atoms with Crippen LogP contribution in [0.15, 0.2) is 24.3 Å². The number of amides is 2. The summed E-state index contributed by atoms with van der Waals surface area (Å²) in [6.45, 7) is 4.26. The van der Waals surface area contributed by atoms with Crippen molar-refractivity contribution in [3.8, 4) is 0 Å². The zero-order valence-corrected chi connectivity index (χ0v) is 10.1. The SMILES string of the molecule is CCNC(=O)NCCC1CNc2ccccc21. The first kappa shape index (κ1) is 11.8. The molecule has 0 bridgehead atoms. The third kappa shape index (κ3) is 2.90. The molecule has 1 aliphatic heterocycles. The van der Waals surface area contributed by atoms with E-state index in [1.165, 1.54) is 11.3 Å². The molecule has 1 heterocycles. The average molecular weight is 233 g/mol. The van der Waals surface area contributed by atoms with Crippen LogP contribution in [0.3, 0.4) is 0 Å². The molecule has 3 N–H and O–H groups in total. The summed E-state index contributed by atoms with van der Waals surface area (Å²) in [5.74, 6) is 0.508. The van der Waals surface area contributed by atoms with Crippen LogP contribution in [0.25, 0.3) is 0 Å². The highest BCUT2D eigenvalue weighted by atomic mass is 16.2. The van der Waals surface area contributed by atoms with E-state index in [-0.39, 0.29) is 6.03 Å². The summed E-state index contributed by atoms with van der Waals surface area (Å²) in [5.41, 5.74) is 2.60. The van der Waals surface area contributed by atoms with Crippen molar-refractivity contribution in [3.63, 3.8) is 0 Å². The second-order valence-corrected chi connectivity index (χ2v) is 4.24. The van der Waals surface area contributed by atoms with Crippen molar-refractivity contribution < 1.29 is 4.79 Å². The minimum Gasteiger partial charge on any atom is -0.384 e. The van der Waals surface area contributed by atoms with Gasteiger partial charge in [-0.05, 0) is 25.0 Å². The number of para-hydroxylation sites is 1. The number of nitrogens with one attached hydrogen (secondary N) is 3. The van der Waals surface area contributed by atoms with Crippen molar-refractivity contribution in [2.45, 2.75) is 19.3 Å². The highest BCUT2D eigenvalue weighted by Gasteiger charge is 2.20. The number of urea groups is 1. The summed E-state index contributed by atoms with van der Waals surface area (Å²) in [7, 11) is 0. The lowest BCUT2D eigenvalue weighted by molar-refractivity contribution is 0.241. The Kier molecular flexibility index (Phi) is 3.85. The molecular weight excluding hydrogens is 214 g/mol. The molecule has 1 atom stereocenters. The Balaban J connectivity index is 1.80. The lowest BCUT2D eigenvalue weighted by Gasteiger charge is -2.11. The Morgan fingerprint density at radius 2 is 2.24 bits per heavy atom. The quantitative estimate of drug-likeness (QED) is 0.744. The van der Waals surface area contributed by atoms with Gasteiger partial charge in [0.25, 0.3) is 0 Å². The first-order chi connectivity index (χ1) is 8.31. The second-order valence-electron chi connectivity index (χ2n) is 4.24. The van der Waals surface area contributed by atoms with E-state index in [1.807, 2.05) is 13.0 Å². The van der Waals surface area contributed by atoms with Gasteiger partial charge in [0.05, 0.1) is 0 Å². The van der Waals surface area contributed by atoms with Gasteiger partial charge in [0.1, 0.15) is 0 Å². The fraction of sp³-hybridized carbons (Fsp3) is 0.462. The molecule has 0 aromatic heterocycles. The first-order valence-corrected chi connectivity index (χ1v) is 6.15. The minimum atomic E-state index is -0.0771. The zero-order valence-electron chi connectivity index (χ0n) is 10.1. The maximum Gasteiger partial charge on any atom is 0.314 e. The molecule has 1 aliphatic rings. The summed E-state index contributed by atoms with van der Waals surface area (Å²) < 4.78 is 0. The van der Waals surface area contributed by atoms with Crippen LogP contribution in [-0.4, -0.2) is 25.7 Å². The molecule has 4 nitrogen and oxygen atoms in total. The van der Waals surface area contributed by atoms with Crippen molar-refractivity contribution in [1.29, 1.82) is 0 Å². The normalized spacial score (nSPS) is 17.1. The lowest BCUT2D eigenvalue weighted by atomic mass is 9.98. The van der Waals surface area contributed by atoms with Gasteiger partial charge >= 0.3 is 6.03 Å². The molecule has 2 rings (SSSR count). The second kappa shape index (κ2) is 5.57. The fourth-order valence-electron chi connectivity index (χ4n) is 2.20. The number of hydrogen-bond acceptors (Lipinski definition) is 2. The van der Waals surface area contributed by atoms with Crippen molar-refractivity contribution in [3.05, 3.63) is 29.8 Å². The molecule has 1 aromatic carbocycles. The number of carbonyl (C=O) groups is 1. The summed E-state index contributed by atoms with van der Waals surface area (Å²) in [4.78, 5) is 11.2. The van der Waals surface area contributed by atoms with Crippen LogP contribution in [0.5, 0.6) is 0 Å². The van der Waals surface area contributed by atoms with Gasteiger partial charge in [0.15, 0.2) is 0 Å². The van der Waals surface area contributed by atoms with Crippen LogP contribution in [0.1, 0.15) is 24.8 Å². The Labute approximate surface area is 102 Å². The van der Waals surface area contributed by atoms with Gasteiger partial charge in [-0.3, -0.25) is 0 Å². The minimum absolute atomic E-state index is 0.0771. The molecule has 0 fully saturated rings. The summed E-state index contributed by atoms with van der Waals surface area (Å²) in [5, 5.41) is 8.97. The Bertz CT molecular complexity index is 392. The molecule has 0 spiro atoms. The van der Waals surface area contributed by atoms with Gasteiger partial charge in [0.2, 0.25) is 0 Å². The Morgan fingerprint density at radius 1 is 1.41 bits per heavy atom. The van der Waals surface area contributed by atoms with Crippen molar-refractivity contribution in [1.82, 2.24) is 10.6 Å². The van der Waals surface area contributed by atoms with E-state index in [4.69, 9.17) is 0 Å². The van der Waals surface area contributed by atoms with Gasteiger partial charge in [0, 0.05) is 31.2 Å². The first-order valence-electron chi connectivity index (χ1n) is 6.15. The van der Waals surface area contributed by atoms with Gasteiger partial charge < -0.3 is 16.0 Å². The molecule has 1 unspecified atom stereocenters. The van der Waals surface area contributed by atoms with Crippen LogP contribution in [0.4, 0.5) is 10.5 Å². The van der Waals surface area contributed by atoms with E-state index in [1.54, 1.807) is 0 Å². The maximum atomic E-state index is 11.2. The zero-order chi connectivity index (χ0) is 12.1. The number of anilines is 1. The standard InChI is InChI=1S/C13H19N3O/c1-2-14-13(17)15-8-7-10-9-16-12-6-4-3-5-11(10)12/h3-6,10,16H,2,7-9H2,1H3,(H2,14,15,17). The summed E-state index contributed by atoms with van der Waals surface area (Å²) >= 11 is 0. The molecule has 0 radical (unpaired) electrons. The molecular formula is C13H19N3O. The fourth-order valence-corrected chi connectivity index (χ4v) is 2.20.